The van der Waals surface area contributed by atoms with Crippen LogP contribution in [-0.2, 0) is 4.79 Å². The summed E-state index contributed by atoms with van der Waals surface area (Å²) in [6.45, 7) is 6.60. The Balaban J connectivity index is 2.15. The van der Waals surface area contributed by atoms with Gasteiger partial charge in [-0.25, -0.2) is 0 Å². The summed E-state index contributed by atoms with van der Waals surface area (Å²) < 4.78 is 0. The fraction of sp³-hybridized carbons (Fsp3) is 0.889. The van der Waals surface area contributed by atoms with E-state index in [1.165, 1.54) is 0 Å². The van der Waals surface area contributed by atoms with Crippen LogP contribution >= 0.6 is 0 Å². The summed E-state index contributed by atoms with van der Waals surface area (Å²) in [4.78, 5) is 12.5. The van der Waals surface area contributed by atoms with E-state index in [4.69, 9.17) is 0 Å². The highest BCUT2D eigenvalue weighted by atomic mass is 16.1. The summed E-state index contributed by atoms with van der Waals surface area (Å²) >= 11 is 0. The summed E-state index contributed by atoms with van der Waals surface area (Å²) in [5, 5.41) is 3.34. The van der Waals surface area contributed by atoms with Gasteiger partial charge < -0.3 is 10.1 Å². The average molecular weight is 170 g/mol. The third kappa shape index (κ3) is 2.91. The Morgan fingerprint density at radius 2 is 2.50 bits per heavy atom. The van der Waals surface area contributed by atoms with Gasteiger partial charge in [-0.2, -0.15) is 0 Å². The Labute approximate surface area is 74.1 Å². The molecule has 70 valence electrons. The van der Waals surface area contributed by atoms with Crippen molar-refractivity contribution in [3.8, 4) is 0 Å². The molecule has 1 unspecified atom stereocenters. The molecule has 0 aliphatic carbocycles. The van der Waals surface area contributed by atoms with Gasteiger partial charge in [0, 0.05) is 32.1 Å². The standard InChI is InChI=1S/C9H18N2O/c1-9-8-10-4-6-11(9)5-2-3-7-12/h7,9-10H,2-6,8H2,1H3. The maximum absolute atomic E-state index is 10.1. The first-order valence-corrected chi connectivity index (χ1v) is 4.73. The van der Waals surface area contributed by atoms with Gasteiger partial charge >= 0.3 is 0 Å². The first-order valence-electron chi connectivity index (χ1n) is 4.73. The molecule has 0 aromatic carbocycles. The Kier molecular flexibility index (Phi) is 4.25. The molecule has 1 aliphatic rings. The highest BCUT2D eigenvalue weighted by Crippen LogP contribution is 2.03. The minimum atomic E-state index is 0.630. The lowest BCUT2D eigenvalue weighted by Gasteiger charge is -2.33. The number of rotatable bonds is 4. The molecule has 0 saturated carbocycles. The molecule has 0 radical (unpaired) electrons. The molecule has 0 amide bonds. The number of hydrogen-bond acceptors (Lipinski definition) is 3. The molecule has 0 bridgehead atoms. The van der Waals surface area contributed by atoms with Crippen molar-refractivity contribution in [2.75, 3.05) is 26.2 Å². The normalized spacial score (nSPS) is 25.6. The van der Waals surface area contributed by atoms with Crippen LogP contribution in [0.4, 0.5) is 0 Å². The summed E-state index contributed by atoms with van der Waals surface area (Å²) in [7, 11) is 0. The van der Waals surface area contributed by atoms with Crippen LogP contribution in [0.2, 0.25) is 0 Å². The molecule has 1 N–H and O–H groups in total. The van der Waals surface area contributed by atoms with Crippen molar-refractivity contribution in [2.45, 2.75) is 25.8 Å². The fourth-order valence-corrected chi connectivity index (χ4v) is 1.59. The van der Waals surface area contributed by atoms with E-state index in [0.717, 1.165) is 38.9 Å². The molecule has 1 rings (SSSR count). The zero-order valence-corrected chi connectivity index (χ0v) is 7.75. The van der Waals surface area contributed by atoms with E-state index in [2.05, 4.69) is 17.1 Å². The zero-order valence-electron chi connectivity index (χ0n) is 7.75. The van der Waals surface area contributed by atoms with Crippen molar-refractivity contribution in [2.24, 2.45) is 0 Å². The summed E-state index contributed by atoms with van der Waals surface area (Å²) in [5.74, 6) is 0. The molecule has 1 aliphatic heterocycles. The molecule has 3 heteroatoms. The largest absolute Gasteiger partial charge is 0.314 e. The lowest BCUT2D eigenvalue weighted by atomic mass is 10.2. The SMILES string of the molecule is CC1CNCCN1CCCC=O. The highest BCUT2D eigenvalue weighted by molar-refractivity contribution is 5.48. The first kappa shape index (κ1) is 9.68. The number of hydrogen-bond donors (Lipinski definition) is 1. The van der Waals surface area contributed by atoms with Crippen LogP contribution in [0.1, 0.15) is 19.8 Å². The third-order valence-corrected chi connectivity index (χ3v) is 2.41. The second kappa shape index (κ2) is 5.27. The van der Waals surface area contributed by atoms with Crippen LogP contribution in [0.15, 0.2) is 0 Å². The van der Waals surface area contributed by atoms with E-state index in [9.17, 15) is 4.79 Å². The van der Waals surface area contributed by atoms with E-state index in [-0.39, 0.29) is 0 Å². The number of nitrogens with zero attached hydrogens (tertiary/aromatic N) is 1. The van der Waals surface area contributed by atoms with E-state index in [0.29, 0.717) is 12.5 Å². The number of carbonyl (C=O) groups excluding carboxylic acids is 1. The molecule has 1 heterocycles. The topological polar surface area (TPSA) is 32.3 Å². The highest BCUT2D eigenvalue weighted by Gasteiger charge is 2.16. The molecular formula is C9H18N2O. The predicted octanol–water partition coefficient (Wildman–Crippen LogP) is 0.259. The number of carbonyl (C=O) groups is 1. The van der Waals surface area contributed by atoms with Crippen molar-refractivity contribution in [3.05, 3.63) is 0 Å². The van der Waals surface area contributed by atoms with Crippen molar-refractivity contribution >= 4 is 6.29 Å². The zero-order chi connectivity index (χ0) is 8.81. The maximum Gasteiger partial charge on any atom is 0.120 e. The maximum atomic E-state index is 10.1. The Bertz CT molecular complexity index is 138. The quantitative estimate of drug-likeness (QED) is 0.485. The van der Waals surface area contributed by atoms with E-state index < -0.39 is 0 Å². The molecule has 1 fully saturated rings. The number of aldehydes is 1. The van der Waals surface area contributed by atoms with Gasteiger partial charge in [0.15, 0.2) is 0 Å². The van der Waals surface area contributed by atoms with Gasteiger partial charge in [0.05, 0.1) is 0 Å². The molecule has 0 aromatic rings. The molecule has 0 aromatic heterocycles. The van der Waals surface area contributed by atoms with Gasteiger partial charge in [0.25, 0.3) is 0 Å². The molecule has 3 nitrogen and oxygen atoms in total. The van der Waals surface area contributed by atoms with Gasteiger partial charge in [-0.15, -0.1) is 0 Å². The lowest BCUT2D eigenvalue weighted by Crippen LogP contribution is -2.49. The summed E-state index contributed by atoms with van der Waals surface area (Å²) in [6, 6.07) is 0.630. The Morgan fingerprint density at radius 1 is 1.67 bits per heavy atom. The van der Waals surface area contributed by atoms with E-state index in [1.807, 2.05) is 0 Å². The van der Waals surface area contributed by atoms with Crippen LogP contribution in [0.5, 0.6) is 0 Å². The Morgan fingerprint density at radius 3 is 3.17 bits per heavy atom. The van der Waals surface area contributed by atoms with E-state index >= 15 is 0 Å². The lowest BCUT2D eigenvalue weighted by molar-refractivity contribution is -0.108. The third-order valence-electron chi connectivity index (χ3n) is 2.41. The van der Waals surface area contributed by atoms with Gasteiger partial charge in [0.1, 0.15) is 6.29 Å². The first-order chi connectivity index (χ1) is 5.84. The molecule has 0 spiro atoms. The van der Waals surface area contributed by atoms with Crippen molar-refractivity contribution in [1.29, 1.82) is 0 Å². The van der Waals surface area contributed by atoms with E-state index in [1.54, 1.807) is 0 Å². The fourth-order valence-electron chi connectivity index (χ4n) is 1.59. The monoisotopic (exact) mass is 170 g/mol. The van der Waals surface area contributed by atoms with Crippen LogP contribution in [0.25, 0.3) is 0 Å². The van der Waals surface area contributed by atoms with Crippen molar-refractivity contribution in [3.63, 3.8) is 0 Å². The summed E-state index contributed by atoms with van der Waals surface area (Å²) in [5.41, 5.74) is 0. The average Bonchev–Trinajstić information content (AvgIpc) is 2.09. The summed E-state index contributed by atoms with van der Waals surface area (Å²) in [6.07, 6.45) is 2.72. The predicted molar refractivity (Wildman–Crippen MR) is 49.2 cm³/mol. The second-order valence-corrected chi connectivity index (χ2v) is 3.40. The van der Waals surface area contributed by atoms with Crippen LogP contribution in [0, 0.1) is 0 Å². The van der Waals surface area contributed by atoms with Crippen LogP contribution in [0.3, 0.4) is 0 Å². The van der Waals surface area contributed by atoms with Gasteiger partial charge in [-0.05, 0) is 19.9 Å². The number of unbranched alkanes of at least 4 members (excludes halogenated alkanes) is 1. The smallest absolute Gasteiger partial charge is 0.120 e. The molecule has 12 heavy (non-hydrogen) atoms. The number of piperazine rings is 1. The molecular weight excluding hydrogens is 152 g/mol. The van der Waals surface area contributed by atoms with Gasteiger partial charge in [-0.3, -0.25) is 4.90 Å². The van der Waals surface area contributed by atoms with Crippen molar-refractivity contribution in [1.82, 2.24) is 10.2 Å². The van der Waals surface area contributed by atoms with Gasteiger partial charge in [0.2, 0.25) is 0 Å². The van der Waals surface area contributed by atoms with Crippen LogP contribution < -0.4 is 5.32 Å². The van der Waals surface area contributed by atoms with Gasteiger partial charge in [-0.1, -0.05) is 0 Å². The minimum absolute atomic E-state index is 0.630. The molecule has 1 saturated heterocycles. The van der Waals surface area contributed by atoms with Crippen LogP contribution in [-0.4, -0.2) is 43.4 Å². The second-order valence-electron chi connectivity index (χ2n) is 3.40. The Hall–Kier alpha value is -0.410. The number of nitrogens with one attached hydrogen (secondary N) is 1. The van der Waals surface area contributed by atoms with Crippen molar-refractivity contribution < 1.29 is 4.79 Å². The molecule has 1 atom stereocenters. The minimum Gasteiger partial charge on any atom is -0.314 e.